The molecule has 0 saturated carbocycles. The van der Waals surface area contributed by atoms with Crippen molar-refractivity contribution in [2.24, 2.45) is 0 Å². The summed E-state index contributed by atoms with van der Waals surface area (Å²) in [6.45, 7) is 7.11. The first-order valence-electron chi connectivity index (χ1n) is 9.78. The number of sulfonamides is 1. The Labute approximate surface area is 172 Å². The van der Waals surface area contributed by atoms with E-state index in [4.69, 9.17) is 0 Å². The van der Waals surface area contributed by atoms with Crippen molar-refractivity contribution in [1.29, 1.82) is 0 Å². The molecule has 0 atom stereocenters. The van der Waals surface area contributed by atoms with Gasteiger partial charge in [0.25, 0.3) is 5.91 Å². The first-order valence-corrected chi connectivity index (χ1v) is 11.3. The Kier molecular flexibility index (Phi) is 6.00. The molecule has 0 bridgehead atoms. The van der Waals surface area contributed by atoms with Crippen LogP contribution in [0.1, 0.15) is 49.5 Å². The van der Waals surface area contributed by atoms with Gasteiger partial charge in [-0.3, -0.25) is 4.79 Å². The van der Waals surface area contributed by atoms with Crippen LogP contribution in [0.4, 0.5) is 0 Å². The second-order valence-corrected chi connectivity index (χ2v) is 10.2. The van der Waals surface area contributed by atoms with Gasteiger partial charge in [0.2, 0.25) is 10.0 Å². The van der Waals surface area contributed by atoms with E-state index in [1.807, 2.05) is 12.1 Å². The SMILES string of the molecule is CC(C)(C)c1ccc(S(=O)(=O)NC2CCN(C(=O)c3ccccc3O)CC2)cc1. The molecule has 0 radical (unpaired) electrons. The third kappa shape index (κ3) is 4.97. The van der Waals surface area contributed by atoms with Crippen LogP contribution in [0.25, 0.3) is 0 Å². The molecule has 0 aromatic heterocycles. The van der Waals surface area contributed by atoms with Crippen LogP contribution in [-0.4, -0.2) is 43.5 Å². The van der Waals surface area contributed by atoms with E-state index >= 15 is 0 Å². The summed E-state index contributed by atoms with van der Waals surface area (Å²) < 4.78 is 28.2. The summed E-state index contributed by atoms with van der Waals surface area (Å²) in [5.74, 6) is -0.277. The lowest BCUT2D eigenvalue weighted by Crippen LogP contribution is -2.46. The average Bonchev–Trinajstić information content (AvgIpc) is 2.67. The van der Waals surface area contributed by atoms with Crippen molar-refractivity contribution in [3.8, 4) is 5.75 Å². The fourth-order valence-electron chi connectivity index (χ4n) is 3.45. The minimum absolute atomic E-state index is 0.0394. The summed E-state index contributed by atoms with van der Waals surface area (Å²) >= 11 is 0. The summed E-state index contributed by atoms with van der Waals surface area (Å²) in [4.78, 5) is 14.5. The zero-order chi connectivity index (χ0) is 21.2. The summed E-state index contributed by atoms with van der Waals surface area (Å²) in [6, 6.07) is 13.2. The number of phenols is 1. The summed E-state index contributed by atoms with van der Waals surface area (Å²) in [5.41, 5.74) is 1.31. The molecule has 29 heavy (non-hydrogen) atoms. The summed E-state index contributed by atoms with van der Waals surface area (Å²) in [5, 5.41) is 9.87. The number of carbonyl (C=O) groups excluding carboxylic acids is 1. The van der Waals surface area contributed by atoms with Crippen LogP contribution in [0, 0.1) is 0 Å². The highest BCUT2D eigenvalue weighted by atomic mass is 32.2. The average molecular weight is 417 g/mol. The van der Waals surface area contributed by atoms with Gasteiger partial charge in [0, 0.05) is 19.1 Å². The van der Waals surface area contributed by atoms with Gasteiger partial charge in [0.1, 0.15) is 5.75 Å². The number of nitrogens with zero attached hydrogens (tertiary/aromatic N) is 1. The Balaban J connectivity index is 1.61. The second-order valence-electron chi connectivity index (χ2n) is 8.48. The first-order chi connectivity index (χ1) is 13.6. The second kappa shape index (κ2) is 8.16. The fraction of sp³-hybridized carbons (Fsp3) is 0.409. The number of benzene rings is 2. The van der Waals surface area contributed by atoms with Crippen molar-refractivity contribution in [3.63, 3.8) is 0 Å². The first kappa shape index (κ1) is 21.3. The molecule has 0 aliphatic carbocycles. The highest BCUT2D eigenvalue weighted by molar-refractivity contribution is 7.89. The standard InChI is InChI=1S/C22H28N2O4S/c1-22(2,3)16-8-10-18(11-9-16)29(27,28)23-17-12-14-24(15-13-17)21(26)19-6-4-5-7-20(19)25/h4-11,17,23,25H,12-15H2,1-3H3. The third-order valence-corrected chi connectivity index (χ3v) is 6.81. The van der Waals surface area contributed by atoms with Crippen molar-refractivity contribution in [1.82, 2.24) is 9.62 Å². The predicted molar refractivity (Wildman–Crippen MR) is 112 cm³/mol. The molecule has 1 heterocycles. The van der Waals surface area contributed by atoms with Gasteiger partial charge in [-0.1, -0.05) is 45.0 Å². The minimum Gasteiger partial charge on any atom is -0.507 e. The number of amides is 1. The maximum atomic E-state index is 12.7. The Morgan fingerprint density at radius 1 is 1.03 bits per heavy atom. The van der Waals surface area contributed by atoms with E-state index in [2.05, 4.69) is 25.5 Å². The van der Waals surface area contributed by atoms with Crippen molar-refractivity contribution in [2.75, 3.05) is 13.1 Å². The number of phenolic OH excluding ortho intramolecular Hbond substituents is 1. The topological polar surface area (TPSA) is 86.7 Å². The number of hydrogen-bond acceptors (Lipinski definition) is 4. The lowest BCUT2D eigenvalue weighted by Gasteiger charge is -2.32. The quantitative estimate of drug-likeness (QED) is 0.801. The van der Waals surface area contributed by atoms with Crippen molar-refractivity contribution < 1.29 is 18.3 Å². The molecule has 1 aliphatic rings. The van der Waals surface area contributed by atoms with Gasteiger partial charge in [-0.2, -0.15) is 0 Å². The predicted octanol–water partition coefficient (Wildman–Crippen LogP) is 3.27. The lowest BCUT2D eigenvalue weighted by atomic mass is 9.87. The van der Waals surface area contributed by atoms with E-state index in [-0.39, 0.29) is 33.6 Å². The van der Waals surface area contributed by atoms with Crippen LogP contribution < -0.4 is 4.72 Å². The number of para-hydroxylation sites is 1. The fourth-order valence-corrected chi connectivity index (χ4v) is 4.75. The van der Waals surface area contributed by atoms with Crippen LogP contribution in [0.2, 0.25) is 0 Å². The molecule has 0 unspecified atom stereocenters. The maximum Gasteiger partial charge on any atom is 0.257 e. The molecule has 6 nitrogen and oxygen atoms in total. The number of likely N-dealkylation sites (tertiary alicyclic amines) is 1. The summed E-state index contributed by atoms with van der Waals surface area (Å²) in [7, 11) is -3.61. The lowest BCUT2D eigenvalue weighted by molar-refractivity contribution is 0.0708. The molecule has 3 rings (SSSR count). The Hall–Kier alpha value is -2.38. The molecule has 7 heteroatoms. The molecule has 2 N–H and O–H groups in total. The number of hydrogen-bond donors (Lipinski definition) is 2. The maximum absolute atomic E-state index is 12.7. The molecule has 2 aromatic carbocycles. The van der Waals surface area contributed by atoms with Crippen LogP contribution in [-0.2, 0) is 15.4 Å². The van der Waals surface area contributed by atoms with E-state index in [0.717, 1.165) is 5.56 Å². The van der Waals surface area contributed by atoms with Gasteiger partial charge in [-0.05, 0) is 48.1 Å². The number of nitrogens with one attached hydrogen (secondary N) is 1. The van der Waals surface area contributed by atoms with Gasteiger partial charge in [-0.25, -0.2) is 13.1 Å². The molecular formula is C22H28N2O4S. The Morgan fingerprint density at radius 3 is 2.17 bits per heavy atom. The zero-order valence-corrected chi connectivity index (χ0v) is 17.9. The number of aromatic hydroxyl groups is 1. The normalized spacial score (nSPS) is 16.0. The molecule has 1 saturated heterocycles. The number of piperidine rings is 1. The molecule has 1 aliphatic heterocycles. The van der Waals surface area contributed by atoms with E-state index in [9.17, 15) is 18.3 Å². The van der Waals surface area contributed by atoms with Crippen LogP contribution in [0.3, 0.4) is 0 Å². The summed E-state index contributed by atoms with van der Waals surface area (Å²) in [6.07, 6.45) is 1.05. The minimum atomic E-state index is -3.61. The van der Waals surface area contributed by atoms with Gasteiger partial charge < -0.3 is 10.0 Å². The molecule has 1 amide bonds. The monoisotopic (exact) mass is 416 g/mol. The molecule has 1 fully saturated rings. The smallest absolute Gasteiger partial charge is 0.257 e. The van der Waals surface area contributed by atoms with Crippen LogP contribution >= 0.6 is 0 Å². The number of rotatable bonds is 4. The third-order valence-electron chi connectivity index (χ3n) is 5.27. The van der Waals surface area contributed by atoms with Crippen molar-refractivity contribution in [2.45, 2.75) is 50.0 Å². The van der Waals surface area contributed by atoms with Crippen LogP contribution in [0.15, 0.2) is 53.4 Å². The molecular weight excluding hydrogens is 388 g/mol. The van der Waals surface area contributed by atoms with Gasteiger partial charge in [0.05, 0.1) is 10.5 Å². The van der Waals surface area contributed by atoms with Crippen LogP contribution in [0.5, 0.6) is 5.75 Å². The van der Waals surface area contributed by atoms with E-state index < -0.39 is 10.0 Å². The van der Waals surface area contributed by atoms with E-state index in [0.29, 0.717) is 25.9 Å². The van der Waals surface area contributed by atoms with E-state index in [1.165, 1.54) is 6.07 Å². The highest BCUT2D eigenvalue weighted by Gasteiger charge is 2.28. The molecule has 156 valence electrons. The van der Waals surface area contributed by atoms with Gasteiger partial charge in [0.15, 0.2) is 0 Å². The van der Waals surface area contributed by atoms with Gasteiger partial charge in [-0.15, -0.1) is 0 Å². The van der Waals surface area contributed by atoms with Crippen molar-refractivity contribution in [3.05, 3.63) is 59.7 Å². The molecule has 0 spiro atoms. The van der Waals surface area contributed by atoms with Crippen molar-refractivity contribution >= 4 is 15.9 Å². The van der Waals surface area contributed by atoms with Gasteiger partial charge >= 0.3 is 0 Å². The Morgan fingerprint density at radius 2 is 1.62 bits per heavy atom. The zero-order valence-electron chi connectivity index (χ0n) is 17.1. The van der Waals surface area contributed by atoms with E-state index in [1.54, 1.807) is 35.2 Å². The molecule has 2 aromatic rings. The number of carbonyl (C=O) groups is 1. The largest absolute Gasteiger partial charge is 0.507 e. The Bertz CT molecular complexity index is 971. The highest BCUT2D eigenvalue weighted by Crippen LogP contribution is 2.24.